The van der Waals surface area contributed by atoms with E-state index in [-0.39, 0.29) is 12.5 Å². The van der Waals surface area contributed by atoms with Crippen molar-refractivity contribution in [3.63, 3.8) is 0 Å². The lowest BCUT2D eigenvalue weighted by Crippen LogP contribution is -2.45. The van der Waals surface area contributed by atoms with Crippen molar-refractivity contribution >= 4 is 13.7 Å². The molecule has 55 heavy (non-hydrogen) atoms. The fourth-order valence-electron chi connectivity index (χ4n) is 4.96. The molecule has 0 aromatic carbocycles. The number of phosphoric acid groups is 1. The van der Waals surface area contributed by atoms with Crippen LogP contribution in [0, 0.1) is 0 Å². The first kappa shape index (κ1) is 52.2. The second-order valence-electron chi connectivity index (χ2n) is 14.6. The van der Waals surface area contributed by atoms with Crippen LogP contribution < -0.4 is 10.2 Å². The van der Waals surface area contributed by atoms with Crippen molar-refractivity contribution in [3.05, 3.63) is 109 Å². The Labute approximate surface area is 336 Å². The standard InChI is InChI=1S/C46H77N2O6P/c1-6-8-10-12-14-16-18-19-20-21-22-23-24-25-26-27-28-29-30-32-34-36-38-40-46(50)47-44(43-54-55(51,52)53-42-41-48(3,4)5)45(49)39-37-35-33-31-17-15-13-11-9-7-2/h8-11,14,16-17,19-20,22-23,25-26,28-29,31,37,39,44-45,49H,6-7,12-13,15,18,21,24,27,30,32-36,38,40-43H2,1-5H3,(H-,47,50,51,52)/b10-8-,11-9+,16-14-,20-19-,23-22-,26-25-,29-28-,31-17+,39-37+. The van der Waals surface area contributed by atoms with E-state index >= 15 is 0 Å². The lowest BCUT2D eigenvalue weighted by atomic mass is 10.1. The molecule has 0 radical (unpaired) electrons. The van der Waals surface area contributed by atoms with Crippen LogP contribution in [0.1, 0.15) is 123 Å². The Morgan fingerprint density at radius 2 is 1.07 bits per heavy atom. The van der Waals surface area contributed by atoms with Gasteiger partial charge in [-0.1, -0.05) is 136 Å². The number of quaternary nitrogens is 1. The number of nitrogens with one attached hydrogen (secondary N) is 1. The Kier molecular flexibility index (Phi) is 34.9. The van der Waals surface area contributed by atoms with Gasteiger partial charge in [-0.05, 0) is 89.9 Å². The molecule has 0 aliphatic heterocycles. The zero-order valence-corrected chi connectivity index (χ0v) is 36.0. The van der Waals surface area contributed by atoms with E-state index in [1.54, 1.807) is 6.08 Å². The molecule has 3 atom stereocenters. The van der Waals surface area contributed by atoms with Crippen LogP contribution in [0.3, 0.4) is 0 Å². The second kappa shape index (κ2) is 36.8. The van der Waals surface area contributed by atoms with Gasteiger partial charge < -0.3 is 28.8 Å². The van der Waals surface area contributed by atoms with E-state index in [0.717, 1.165) is 89.9 Å². The van der Waals surface area contributed by atoms with Crippen LogP contribution >= 0.6 is 7.82 Å². The molecule has 0 aliphatic rings. The zero-order valence-electron chi connectivity index (χ0n) is 35.1. The van der Waals surface area contributed by atoms with Crippen molar-refractivity contribution in [3.8, 4) is 0 Å². The van der Waals surface area contributed by atoms with Crippen molar-refractivity contribution in [2.24, 2.45) is 0 Å². The lowest BCUT2D eigenvalue weighted by molar-refractivity contribution is -0.870. The first-order valence-corrected chi connectivity index (χ1v) is 22.2. The Hall–Kier alpha value is -2.84. The molecule has 312 valence electrons. The molecule has 0 saturated heterocycles. The predicted octanol–water partition coefficient (Wildman–Crippen LogP) is 10.7. The summed E-state index contributed by atoms with van der Waals surface area (Å²) in [5, 5.41) is 13.6. The fourth-order valence-corrected chi connectivity index (χ4v) is 5.68. The average Bonchev–Trinajstić information content (AvgIpc) is 3.13. The van der Waals surface area contributed by atoms with E-state index in [2.05, 4.69) is 116 Å². The number of hydrogen-bond donors (Lipinski definition) is 2. The largest absolute Gasteiger partial charge is 0.756 e. The Morgan fingerprint density at radius 3 is 1.60 bits per heavy atom. The van der Waals surface area contributed by atoms with Gasteiger partial charge in [0, 0.05) is 6.42 Å². The van der Waals surface area contributed by atoms with Gasteiger partial charge in [-0.15, -0.1) is 0 Å². The molecule has 0 rings (SSSR count). The number of nitrogens with zero attached hydrogens (tertiary/aromatic N) is 1. The molecule has 3 unspecified atom stereocenters. The molecule has 0 aliphatic carbocycles. The smallest absolute Gasteiger partial charge is 0.268 e. The van der Waals surface area contributed by atoms with Crippen molar-refractivity contribution < 1.29 is 32.9 Å². The Bertz CT molecular complexity index is 1260. The van der Waals surface area contributed by atoms with E-state index in [0.29, 0.717) is 30.3 Å². The first-order chi connectivity index (χ1) is 26.5. The summed E-state index contributed by atoms with van der Waals surface area (Å²) < 4.78 is 23.1. The highest BCUT2D eigenvalue weighted by Gasteiger charge is 2.23. The molecule has 0 fully saturated rings. The number of aliphatic hydroxyl groups excluding tert-OH is 1. The van der Waals surface area contributed by atoms with Gasteiger partial charge in [0.1, 0.15) is 13.2 Å². The highest BCUT2D eigenvalue weighted by Crippen LogP contribution is 2.38. The number of likely N-dealkylation sites (N-methyl/N-ethyl adjacent to an activating group) is 1. The number of allylic oxidation sites excluding steroid dienone is 17. The Morgan fingerprint density at radius 1 is 0.636 bits per heavy atom. The molecular weight excluding hydrogens is 707 g/mol. The van der Waals surface area contributed by atoms with Crippen molar-refractivity contribution in [1.29, 1.82) is 0 Å². The molecule has 0 aromatic rings. The predicted molar refractivity (Wildman–Crippen MR) is 232 cm³/mol. The Balaban J connectivity index is 4.48. The highest BCUT2D eigenvalue weighted by molar-refractivity contribution is 7.45. The first-order valence-electron chi connectivity index (χ1n) is 20.7. The second-order valence-corrected chi connectivity index (χ2v) is 16.0. The van der Waals surface area contributed by atoms with Crippen LogP contribution in [0.5, 0.6) is 0 Å². The van der Waals surface area contributed by atoms with Gasteiger partial charge in [0.25, 0.3) is 7.82 Å². The SMILES string of the molecule is CC/C=C\C/C=C\C/C=C\C/C=C\C/C=C\C/C=C\CCCCCCC(=O)NC(COP(=O)([O-])OCC[N+](C)(C)C)C(O)/C=C/CC/C=C/CC/C=C/CC. The topological polar surface area (TPSA) is 108 Å². The molecular formula is C46H77N2O6P. The van der Waals surface area contributed by atoms with Crippen molar-refractivity contribution in [1.82, 2.24) is 5.32 Å². The minimum Gasteiger partial charge on any atom is -0.756 e. The number of carbonyl (C=O) groups is 1. The summed E-state index contributed by atoms with van der Waals surface area (Å²) >= 11 is 0. The molecule has 0 bridgehead atoms. The fraction of sp³-hybridized carbons (Fsp3) is 0.587. The molecule has 9 heteroatoms. The molecule has 0 heterocycles. The minimum absolute atomic E-state index is 0.0216. The number of phosphoric ester groups is 1. The summed E-state index contributed by atoms with van der Waals surface area (Å²) in [6.45, 7) is 4.31. The monoisotopic (exact) mass is 785 g/mol. The molecule has 0 saturated carbocycles. The average molecular weight is 785 g/mol. The maximum absolute atomic E-state index is 12.8. The third-order valence-electron chi connectivity index (χ3n) is 8.21. The zero-order chi connectivity index (χ0) is 40.7. The van der Waals surface area contributed by atoms with E-state index in [1.807, 2.05) is 27.2 Å². The summed E-state index contributed by atoms with van der Waals surface area (Å²) in [6.07, 6.45) is 52.9. The van der Waals surface area contributed by atoms with E-state index in [9.17, 15) is 19.4 Å². The quantitative estimate of drug-likeness (QED) is 0.0287. The van der Waals surface area contributed by atoms with Crippen LogP contribution in [0.2, 0.25) is 0 Å². The molecule has 0 spiro atoms. The van der Waals surface area contributed by atoms with Gasteiger partial charge >= 0.3 is 0 Å². The van der Waals surface area contributed by atoms with Crippen LogP contribution in [-0.4, -0.2) is 68.5 Å². The van der Waals surface area contributed by atoms with Crippen LogP contribution in [-0.2, 0) is 18.4 Å². The van der Waals surface area contributed by atoms with Gasteiger partial charge in [-0.3, -0.25) is 9.36 Å². The van der Waals surface area contributed by atoms with Gasteiger partial charge in [-0.2, -0.15) is 0 Å². The van der Waals surface area contributed by atoms with Crippen LogP contribution in [0.4, 0.5) is 0 Å². The summed E-state index contributed by atoms with van der Waals surface area (Å²) in [6, 6.07) is -0.929. The van der Waals surface area contributed by atoms with E-state index in [1.165, 1.54) is 0 Å². The van der Waals surface area contributed by atoms with Crippen LogP contribution in [0.15, 0.2) is 109 Å². The number of aliphatic hydroxyl groups is 1. The lowest BCUT2D eigenvalue weighted by Gasteiger charge is -2.29. The summed E-state index contributed by atoms with van der Waals surface area (Å²) in [7, 11) is 1.19. The van der Waals surface area contributed by atoms with E-state index < -0.39 is 26.6 Å². The number of hydrogen-bond acceptors (Lipinski definition) is 6. The summed E-state index contributed by atoms with van der Waals surface area (Å²) in [4.78, 5) is 25.2. The van der Waals surface area contributed by atoms with Crippen molar-refractivity contribution in [2.45, 2.75) is 135 Å². The van der Waals surface area contributed by atoms with Gasteiger partial charge in [-0.25, -0.2) is 0 Å². The van der Waals surface area contributed by atoms with Gasteiger partial charge in [0.2, 0.25) is 5.91 Å². The molecule has 8 nitrogen and oxygen atoms in total. The molecule has 1 amide bonds. The molecule has 2 N–H and O–H groups in total. The number of unbranched alkanes of at least 4 members (excludes halogenated alkanes) is 6. The van der Waals surface area contributed by atoms with Crippen LogP contribution in [0.25, 0.3) is 0 Å². The summed E-state index contributed by atoms with van der Waals surface area (Å²) in [5.74, 6) is -0.246. The minimum atomic E-state index is -4.61. The maximum Gasteiger partial charge on any atom is 0.268 e. The van der Waals surface area contributed by atoms with Gasteiger partial charge in [0.15, 0.2) is 0 Å². The third kappa shape index (κ3) is 39.2. The van der Waals surface area contributed by atoms with Gasteiger partial charge in [0.05, 0.1) is 39.9 Å². The van der Waals surface area contributed by atoms with E-state index in [4.69, 9.17) is 9.05 Å². The normalized spacial score (nSPS) is 15.5. The number of rotatable bonds is 35. The summed E-state index contributed by atoms with van der Waals surface area (Å²) in [5.41, 5.74) is 0. The number of carbonyl (C=O) groups excluding carboxylic acids is 1. The number of amides is 1. The maximum atomic E-state index is 12.8. The highest BCUT2D eigenvalue weighted by atomic mass is 31.2. The molecule has 0 aromatic heterocycles. The van der Waals surface area contributed by atoms with Crippen molar-refractivity contribution in [2.75, 3.05) is 40.9 Å². The third-order valence-corrected chi connectivity index (χ3v) is 9.17.